The Hall–Kier alpha value is -2.23. The smallest absolute Gasteiger partial charge is 0.163 e. The van der Waals surface area contributed by atoms with Crippen LogP contribution in [0.5, 0.6) is 11.5 Å². The Morgan fingerprint density at radius 3 is 2.70 bits per heavy atom. The van der Waals surface area contributed by atoms with E-state index in [9.17, 15) is 0 Å². The monoisotopic (exact) mass is 312 g/mol. The van der Waals surface area contributed by atoms with E-state index in [4.69, 9.17) is 9.47 Å². The topological polar surface area (TPSA) is 43.4 Å². The molecule has 0 saturated heterocycles. The lowest BCUT2D eigenvalue weighted by Crippen LogP contribution is -2.12. The highest BCUT2D eigenvalue weighted by atomic mass is 16.5. The fourth-order valence-corrected chi connectivity index (χ4v) is 3.01. The van der Waals surface area contributed by atoms with E-state index in [-0.39, 0.29) is 6.04 Å². The predicted octanol–water partition coefficient (Wildman–Crippen LogP) is 4.58. The second-order valence-corrected chi connectivity index (χ2v) is 6.04. The summed E-state index contributed by atoms with van der Waals surface area (Å²) in [5, 5.41) is 3.50. The van der Waals surface area contributed by atoms with Gasteiger partial charge in [0, 0.05) is 24.1 Å². The Kier molecular flexibility index (Phi) is 5.01. The van der Waals surface area contributed by atoms with E-state index >= 15 is 0 Å². The first-order chi connectivity index (χ1) is 11.3. The number of methoxy groups -OCH3 is 1. The summed E-state index contributed by atoms with van der Waals surface area (Å²) in [6, 6.07) is 10.2. The minimum absolute atomic E-state index is 0.177. The first kappa shape index (κ1) is 15.7. The van der Waals surface area contributed by atoms with Crippen molar-refractivity contribution in [3.05, 3.63) is 48.3 Å². The number of ether oxygens (including phenoxy) is 2. The number of hydrogen-bond donors (Lipinski definition) is 1. The molecule has 4 nitrogen and oxygen atoms in total. The van der Waals surface area contributed by atoms with Gasteiger partial charge in [0.1, 0.15) is 0 Å². The van der Waals surface area contributed by atoms with Gasteiger partial charge in [-0.05, 0) is 56.4 Å². The van der Waals surface area contributed by atoms with Crippen molar-refractivity contribution in [2.24, 2.45) is 0 Å². The number of rotatable bonds is 6. The largest absolute Gasteiger partial charge is 0.493 e. The van der Waals surface area contributed by atoms with Gasteiger partial charge >= 0.3 is 0 Å². The van der Waals surface area contributed by atoms with Crippen LogP contribution in [0, 0.1) is 0 Å². The van der Waals surface area contributed by atoms with Crippen LogP contribution in [0.2, 0.25) is 0 Å². The number of aromatic nitrogens is 1. The molecule has 4 heteroatoms. The molecule has 122 valence electrons. The summed E-state index contributed by atoms with van der Waals surface area (Å²) in [6.45, 7) is 2.12. The van der Waals surface area contributed by atoms with Crippen LogP contribution >= 0.6 is 0 Å². The van der Waals surface area contributed by atoms with Crippen LogP contribution in [0.15, 0.2) is 42.7 Å². The molecule has 1 aliphatic carbocycles. The second-order valence-electron chi connectivity index (χ2n) is 6.04. The number of benzene rings is 1. The van der Waals surface area contributed by atoms with Crippen LogP contribution in [0.25, 0.3) is 0 Å². The maximum Gasteiger partial charge on any atom is 0.163 e. The molecule has 0 radical (unpaired) electrons. The maximum absolute atomic E-state index is 6.15. The van der Waals surface area contributed by atoms with Crippen molar-refractivity contribution < 1.29 is 9.47 Å². The van der Waals surface area contributed by atoms with Gasteiger partial charge in [-0.1, -0.05) is 6.07 Å². The van der Waals surface area contributed by atoms with Gasteiger partial charge in [-0.3, -0.25) is 4.98 Å². The molecule has 1 unspecified atom stereocenters. The third kappa shape index (κ3) is 3.95. The average Bonchev–Trinajstić information content (AvgIpc) is 3.09. The lowest BCUT2D eigenvalue weighted by Gasteiger charge is -2.19. The minimum atomic E-state index is 0.177. The van der Waals surface area contributed by atoms with Gasteiger partial charge < -0.3 is 14.8 Å². The van der Waals surface area contributed by atoms with E-state index in [0.717, 1.165) is 35.6 Å². The molecule has 1 aromatic carbocycles. The van der Waals surface area contributed by atoms with E-state index in [2.05, 4.69) is 23.3 Å². The molecule has 2 aromatic rings. The predicted molar refractivity (Wildman–Crippen MR) is 92.2 cm³/mol. The highest BCUT2D eigenvalue weighted by Gasteiger charge is 2.19. The number of anilines is 1. The Morgan fingerprint density at radius 1 is 1.17 bits per heavy atom. The molecule has 0 aliphatic heterocycles. The van der Waals surface area contributed by atoms with Crippen molar-refractivity contribution in [2.45, 2.75) is 44.8 Å². The van der Waals surface area contributed by atoms with Crippen LogP contribution in [-0.4, -0.2) is 18.2 Å². The molecule has 1 saturated carbocycles. The van der Waals surface area contributed by atoms with E-state index < -0.39 is 0 Å². The van der Waals surface area contributed by atoms with Crippen LogP contribution in [-0.2, 0) is 0 Å². The standard InChI is InChI=1S/C19H24N2O2/c1-14(15-6-5-11-20-13-15)21-16-9-10-18(22-2)19(12-16)23-17-7-3-4-8-17/h5-6,9-14,17,21H,3-4,7-8H2,1-2H3. The van der Waals surface area contributed by atoms with Crippen molar-refractivity contribution >= 4 is 5.69 Å². The summed E-state index contributed by atoms with van der Waals surface area (Å²) >= 11 is 0. The molecule has 1 heterocycles. The maximum atomic E-state index is 6.15. The molecule has 0 spiro atoms. The van der Waals surface area contributed by atoms with E-state index in [1.54, 1.807) is 13.3 Å². The van der Waals surface area contributed by atoms with Crippen LogP contribution in [0.3, 0.4) is 0 Å². The van der Waals surface area contributed by atoms with Crippen molar-refractivity contribution in [1.29, 1.82) is 0 Å². The lowest BCUT2D eigenvalue weighted by atomic mass is 10.1. The summed E-state index contributed by atoms with van der Waals surface area (Å²) in [5.74, 6) is 1.61. The van der Waals surface area contributed by atoms with Gasteiger partial charge in [-0.2, -0.15) is 0 Å². The van der Waals surface area contributed by atoms with E-state index in [1.807, 2.05) is 30.5 Å². The summed E-state index contributed by atoms with van der Waals surface area (Å²) < 4.78 is 11.6. The van der Waals surface area contributed by atoms with Crippen LogP contribution in [0.4, 0.5) is 5.69 Å². The molecular formula is C19H24N2O2. The quantitative estimate of drug-likeness (QED) is 0.847. The average molecular weight is 312 g/mol. The number of nitrogens with zero attached hydrogens (tertiary/aromatic N) is 1. The first-order valence-electron chi connectivity index (χ1n) is 8.27. The Balaban J connectivity index is 1.74. The van der Waals surface area contributed by atoms with Crippen molar-refractivity contribution in [1.82, 2.24) is 4.98 Å². The summed E-state index contributed by atoms with van der Waals surface area (Å²) in [4.78, 5) is 4.18. The zero-order valence-corrected chi connectivity index (χ0v) is 13.8. The van der Waals surface area contributed by atoms with Crippen molar-refractivity contribution in [3.63, 3.8) is 0 Å². The minimum Gasteiger partial charge on any atom is -0.493 e. The zero-order chi connectivity index (χ0) is 16.1. The summed E-state index contributed by atoms with van der Waals surface area (Å²) in [7, 11) is 1.68. The van der Waals surface area contributed by atoms with Gasteiger partial charge in [0.05, 0.1) is 19.3 Å². The van der Waals surface area contributed by atoms with Crippen molar-refractivity contribution in [3.8, 4) is 11.5 Å². The van der Waals surface area contributed by atoms with Crippen LogP contribution < -0.4 is 14.8 Å². The molecule has 3 rings (SSSR count). The first-order valence-corrected chi connectivity index (χ1v) is 8.27. The fraction of sp³-hybridized carbons (Fsp3) is 0.421. The molecule has 1 N–H and O–H groups in total. The molecule has 1 fully saturated rings. The van der Waals surface area contributed by atoms with Crippen molar-refractivity contribution in [2.75, 3.05) is 12.4 Å². The molecular weight excluding hydrogens is 288 g/mol. The summed E-state index contributed by atoms with van der Waals surface area (Å²) in [5.41, 5.74) is 2.18. The molecule has 1 aromatic heterocycles. The van der Waals surface area contributed by atoms with Gasteiger partial charge in [0.15, 0.2) is 11.5 Å². The third-order valence-electron chi connectivity index (χ3n) is 4.33. The normalized spacial score (nSPS) is 16.1. The van der Waals surface area contributed by atoms with Gasteiger partial charge in [0.2, 0.25) is 0 Å². The van der Waals surface area contributed by atoms with E-state index in [0.29, 0.717) is 6.10 Å². The molecule has 23 heavy (non-hydrogen) atoms. The van der Waals surface area contributed by atoms with Gasteiger partial charge in [-0.25, -0.2) is 0 Å². The SMILES string of the molecule is COc1ccc(NC(C)c2cccnc2)cc1OC1CCCC1. The van der Waals surface area contributed by atoms with E-state index in [1.165, 1.54) is 12.8 Å². The third-order valence-corrected chi connectivity index (χ3v) is 4.33. The van der Waals surface area contributed by atoms with Crippen LogP contribution in [0.1, 0.15) is 44.2 Å². The highest BCUT2D eigenvalue weighted by Crippen LogP contribution is 2.34. The Morgan fingerprint density at radius 2 is 2.00 bits per heavy atom. The Labute approximate surface area is 137 Å². The number of hydrogen-bond acceptors (Lipinski definition) is 4. The zero-order valence-electron chi connectivity index (χ0n) is 13.8. The summed E-state index contributed by atoms with van der Waals surface area (Å²) in [6.07, 6.45) is 8.76. The second kappa shape index (κ2) is 7.36. The lowest BCUT2D eigenvalue weighted by molar-refractivity contribution is 0.201. The Bertz CT molecular complexity index is 625. The number of pyridine rings is 1. The molecule has 1 aliphatic rings. The molecule has 1 atom stereocenters. The molecule has 0 bridgehead atoms. The fourth-order valence-electron chi connectivity index (χ4n) is 3.01. The van der Waals surface area contributed by atoms with Gasteiger partial charge in [0.25, 0.3) is 0 Å². The van der Waals surface area contributed by atoms with Gasteiger partial charge in [-0.15, -0.1) is 0 Å². The molecule has 0 amide bonds. The highest BCUT2D eigenvalue weighted by molar-refractivity contribution is 5.55. The number of nitrogens with one attached hydrogen (secondary N) is 1.